The Kier molecular flexibility index (Phi) is 47.8. The van der Waals surface area contributed by atoms with E-state index in [2.05, 4.69) is 90.2 Å². The topological polar surface area (TPSA) is 90.5 Å². The van der Waals surface area contributed by atoms with Gasteiger partial charge >= 0.3 is 19.5 Å². The first-order valence-corrected chi connectivity index (χ1v) is 10.7. The molecule has 0 heterocycles. The maximum atomic E-state index is 7.75. The first-order chi connectivity index (χ1) is 13.5. The summed E-state index contributed by atoms with van der Waals surface area (Å²) in [6.07, 6.45) is 7.34. The molecule has 29 heavy (non-hydrogen) atoms. The van der Waals surface area contributed by atoms with E-state index in [9.17, 15) is 0 Å². The van der Waals surface area contributed by atoms with Gasteiger partial charge in [0.05, 0.1) is 0 Å². The summed E-state index contributed by atoms with van der Waals surface area (Å²) in [4.78, 5) is 15.5. The van der Waals surface area contributed by atoms with Gasteiger partial charge in [0.25, 0.3) is 0 Å². The molecule has 7 heteroatoms. The van der Waals surface area contributed by atoms with Crippen molar-refractivity contribution in [3.8, 4) is 0 Å². The second kappa shape index (κ2) is 35.3. The zero-order valence-electron chi connectivity index (χ0n) is 20.1. The molecule has 0 amide bonds. The molecule has 6 nitrogen and oxygen atoms in total. The van der Waals surface area contributed by atoms with Crippen molar-refractivity contribution in [1.29, 1.82) is 0 Å². The number of carbonyl (C=O) groups excluding carboxylic acids is 2. The van der Waals surface area contributed by atoms with Crippen LogP contribution in [0.15, 0.2) is 0 Å². The Hall–Kier alpha value is -0.197. The van der Waals surface area contributed by atoms with Gasteiger partial charge in [-0.3, -0.25) is 13.6 Å². The third-order valence-corrected chi connectivity index (χ3v) is 3.92. The Morgan fingerprint density at radius 1 is 0.621 bits per heavy atom. The van der Waals surface area contributed by atoms with Gasteiger partial charge in [0.1, 0.15) is 0 Å². The van der Waals surface area contributed by atoms with Crippen molar-refractivity contribution in [1.82, 2.24) is 0 Å². The second-order valence-corrected chi connectivity index (χ2v) is 6.35. The molecule has 0 N–H and O–H groups in total. The Morgan fingerprint density at radius 2 is 0.897 bits per heavy atom. The molecule has 174 valence electrons. The smallest absolute Gasteiger partial charge is 0.678 e. The molecule has 0 rings (SSSR count). The van der Waals surface area contributed by atoms with Gasteiger partial charge in [-0.1, -0.05) is 93.9 Å². The van der Waals surface area contributed by atoms with Gasteiger partial charge in [-0.05, 0) is 0 Å². The molecule has 0 aliphatic rings. The van der Waals surface area contributed by atoms with Crippen LogP contribution >= 0.6 is 0 Å². The van der Waals surface area contributed by atoms with Crippen LogP contribution in [0.2, 0.25) is 0 Å². The van der Waals surface area contributed by atoms with E-state index < -0.39 is 0 Å². The van der Waals surface area contributed by atoms with Gasteiger partial charge in [0.15, 0.2) is 0 Å². The minimum absolute atomic E-state index is 0. The summed E-state index contributed by atoms with van der Waals surface area (Å²) in [6.45, 7) is 25.5. The fourth-order valence-corrected chi connectivity index (χ4v) is 2.16. The number of nitrogens with zero attached hydrogens (tertiary/aromatic N) is 4. The largest absolute Gasteiger partial charge is 6.00 e. The standard InChI is InChI=1S/2C10H22N2.2CHO.Ru/c2*1-5-8-10(11-7-3)12-9(4)6-2;2*1-2;/h2*9-10H,5-8H2,1-4H3;2*1H;/q2*-2;2*-1;+6. The fraction of sp³-hybridized carbons (Fsp3) is 0.909. The van der Waals surface area contributed by atoms with E-state index in [1.54, 1.807) is 0 Å². The van der Waals surface area contributed by atoms with E-state index >= 15 is 0 Å². The quantitative estimate of drug-likeness (QED) is 0.149. The number of rotatable bonds is 14. The molecular weight excluding hydrogens is 453 g/mol. The van der Waals surface area contributed by atoms with Crippen molar-refractivity contribution in [3.63, 3.8) is 0 Å². The molecule has 0 aromatic carbocycles. The van der Waals surface area contributed by atoms with Crippen molar-refractivity contribution >= 4 is 13.6 Å². The minimum Gasteiger partial charge on any atom is -0.678 e. The molecule has 0 aliphatic carbocycles. The van der Waals surface area contributed by atoms with Crippen LogP contribution in [0.25, 0.3) is 21.3 Å². The molecule has 4 atom stereocenters. The molecule has 0 aliphatic heterocycles. The van der Waals surface area contributed by atoms with E-state index in [1.807, 2.05) is 0 Å². The summed E-state index contributed by atoms with van der Waals surface area (Å²) < 4.78 is 0. The van der Waals surface area contributed by atoms with Crippen LogP contribution in [0.1, 0.15) is 93.9 Å². The van der Waals surface area contributed by atoms with E-state index in [-0.39, 0.29) is 31.8 Å². The van der Waals surface area contributed by atoms with Crippen molar-refractivity contribution in [3.05, 3.63) is 21.3 Å². The maximum Gasteiger partial charge on any atom is 6.00 e. The maximum absolute atomic E-state index is 7.75. The van der Waals surface area contributed by atoms with Gasteiger partial charge in [-0.2, -0.15) is 13.1 Å². The van der Waals surface area contributed by atoms with Crippen LogP contribution in [0, 0.1) is 0 Å². The molecule has 0 fully saturated rings. The SMILES string of the molecule is CCCC([N-]CC)[N-]C(C)CC.CCCC([N-]CC)[N-]C(C)CC.[CH-]=O.[CH-]=O.[Ru+6]. The first-order valence-electron chi connectivity index (χ1n) is 10.7. The van der Waals surface area contributed by atoms with E-state index in [0.717, 1.165) is 38.8 Å². The van der Waals surface area contributed by atoms with Gasteiger partial charge in [0, 0.05) is 0 Å². The van der Waals surface area contributed by atoms with Gasteiger partial charge in [0.2, 0.25) is 0 Å². The molecule has 0 radical (unpaired) electrons. The molecule has 0 saturated heterocycles. The van der Waals surface area contributed by atoms with Crippen LogP contribution in [0.5, 0.6) is 0 Å². The van der Waals surface area contributed by atoms with Crippen molar-refractivity contribution < 1.29 is 29.1 Å². The minimum atomic E-state index is 0. The normalized spacial score (nSPS) is 13.5. The van der Waals surface area contributed by atoms with Crippen LogP contribution in [0.3, 0.4) is 0 Å². The summed E-state index contributed by atoms with van der Waals surface area (Å²) in [7, 11) is 0. The van der Waals surface area contributed by atoms with Gasteiger partial charge < -0.3 is 30.9 Å². The zero-order valence-corrected chi connectivity index (χ0v) is 21.8. The van der Waals surface area contributed by atoms with Crippen LogP contribution in [0.4, 0.5) is 0 Å². The fourth-order valence-electron chi connectivity index (χ4n) is 2.16. The second-order valence-electron chi connectivity index (χ2n) is 6.35. The van der Waals surface area contributed by atoms with Crippen LogP contribution in [-0.4, -0.2) is 51.1 Å². The molecule has 0 saturated carbocycles. The predicted molar refractivity (Wildman–Crippen MR) is 125 cm³/mol. The average molecular weight is 500 g/mol. The Balaban J connectivity index is -0.000000109. The van der Waals surface area contributed by atoms with Gasteiger partial charge in [-0.15, -0.1) is 12.1 Å². The molecule has 0 spiro atoms. The summed E-state index contributed by atoms with van der Waals surface area (Å²) >= 11 is 0. The number of hydrogen-bond donors (Lipinski definition) is 0. The molecule has 4 unspecified atom stereocenters. The van der Waals surface area contributed by atoms with Crippen LogP contribution < -0.4 is 0 Å². The zero-order chi connectivity index (χ0) is 22.8. The monoisotopic (exact) mass is 500 g/mol. The van der Waals surface area contributed by atoms with Crippen molar-refractivity contribution in [2.75, 3.05) is 13.1 Å². The van der Waals surface area contributed by atoms with Crippen molar-refractivity contribution in [2.24, 2.45) is 0 Å². The molecule has 0 bridgehead atoms. The summed E-state index contributed by atoms with van der Waals surface area (Å²) in [5.41, 5.74) is 0. The summed E-state index contributed by atoms with van der Waals surface area (Å²) in [5.74, 6) is 0. The number of hydrogen-bond acceptors (Lipinski definition) is 2. The van der Waals surface area contributed by atoms with E-state index in [4.69, 9.17) is 9.59 Å². The van der Waals surface area contributed by atoms with Gasteiger partial charge in [-0.25, -0.2) is 12.3 Å². The third kappa shape index (κ3) is 32.7. The summed E-state index contributed by atoms with van der Waals surface area (Å²) in [5, 5.41) is 18.1. The Bertz CT molecular complexity index is 239. The molecular formula is C22H46N4O2Ru. The summed E-state index contributed by atoms with van der Waals surface area (Å²) in [6, 6.07) is 0.939. The molecule has 0 aromatic rings. The van der Waals surface area contributed by atoms with Crippen LogP contribution in [-0.2, 0) is 29.1 Å². The Labute approximate surface area is 195 Å². The predicted octanol–water partition coefficient (Wildman–Crippen LogP) is 6.81. The molecule has 0 aromatic heterocycles. The van der Waals surface area contributed by atoms with Crippen molar-refractivity contribution in [2.45, 2.75) is 118 Å². The van der Waals surface area contributed by atoms with E-state index in [0.29, 0.717) is 12.1 Å². The average Bonchev–Trinajstić information content (AvgIpc) is 2.72. The Morgan fingerprint density at radius 3 is 1.07 bits per heavy atom. The van der Waals surface area contributed by atoms with E-state index in [1.165, 1.54) is 12.8 Å². The third-order valence-electron chi connectivity index (χ3n) is 3.92. The first kappa shape index (κ1) is 39.3.